The predicted octanol–water partition coefficient (Wildman–Crippen LogP) is 9.52. The minimum Gasteiger partial charge on any atom is -0.511 e. The smallest absolute Gasteiger partial charge is 0.454 e. The Kier molecular flexibility index (Phi) is 8.14. The molecule has 5 aliphatic rings. The first kappa shape index (κ1) is 36.5. The quantitative estimate of drug-likeness (QED) is 0.111. The molecule has 0 N–H and O–H groups in total. The van der Waals surface area contributed by atoms with Crippen molar-refractivity contribution in [2.75, 3.05) is 0 Å². The zero-order chi connectivity index (χ0) is 38.9. The highest BCUT2D eigenvalue weighted by atomic mass is 28.4. The molecular formula is C40H48N2O8Si4. The molecular weight excluding hydrogens is 749 g/mol. The van der Waals surface area contributed by atoms with Gasteiger partial charge in [0.2, 0.25) is 0 Å². The second-order valence-electron chi connectivity index (χ2n) is 17.0. The van der Waals surface area contributed by atoms with Gasteiger partial charge in [-0.1, -0.05) is 0 Å². The van der Waals surface area contributed by atoms with Crippen molar-refractivity contribution in [2.45, 2.75) is 106 Å². The molecule has 0 spiro atoms. The number of hydrogen-bond donors (Lipinski definition) is 0. The van der Waals surface area contributed by atoms with Crippen molar-refractivity contribution < 1.29 is 35.4 Å². The van der Waals surface area contributed by atoms with Crippen LogP contribution in [-0.4, -0.2) is 34.2 Å². The van der Waals surface area contributed by atoms with Crippen LogP contribution in [0.5, 0.6) is 46.0 Å². The Morgan fingerprint density at radius 2 is 0.444 bits per heavy atom. The average Bonchev–Trinajstić information content (AvgIpc) is 3.06. The van der Waals surface area contributed by atoms with Crippen LogP contribution in [0.3, 0.4) is 0 Å². The second kappa shape index (κ2) is 12.0. The topological polar surface area (TPSA) is 121 Å². The molecule has 0 atom stereocenters. The molecule has 9 rings (SSSR count). The zero-order valence-corrected chi connectivity index (χ0v) is 37.3. The molecule has 1 aliphatic carbocycles. The molecule has 0 fully saturated rings. The van der Waals surface area contributed by atoms with Gasteiger partial charge in [0, 0.05) is 111 Å². The van der Waals surface area contributed by atoms with Gasteiger partial charge >= 0.3 is 34.2 Å². The fourth-order valence-corrected chi connectivity index (χ4v) is 15.1. The fraction of sp³-hybridized carbons (Fsp3) is 0.400. The summed E-state index contributed by atoms with van der Waals surface area (Å²) in [5.74, 6) is 6.91. The molecule has 4 aromatic carbocycles. The van der Waals surface area contributed by atoms with Crippen LogP contribution in [-0.2, 0) is 25.7 Å². The first-order chi connectivity index (χ1) is 25.3. The summed E-state index contributed by atoms with van der Waals surface area (Å²) in [5, 5.41) is 12.0. The van der Waals surface area contributed by atoms with Gasteiger partial charge < -0.3 is 35.4 Å². The van der Waals surface area contributed by atoms with Crippen molar-refractivity contribution in [1.29, 1.82) is 10.8 Å². The molecule has 4 aliphatic heterocycles. The number of nitrogens with zero attached hydrogens (tertiary/aromatic N) is 2. The summed E-state index contributed by atoms with van der Waals surface area (Å²) < 4.78 is 55.8. The molecule has 4 aromatic rings. The van der Waals surface area contributed by atoms with E-state index in [4.69, 9.17) is 46.2 Å². The van der Waals surface area contributed by atoms with Gasteiger partial charge in [-0.3, -0.25) is 0 Å². The highest BCUT2D eigenvalue weighted by Gasteiger charge is 2.43. The van der Waals surface area contributed by atoms with Crippen LogP contribution in [0.25, 0.3) is 0 Å². The van der Waals surface area contributed by atoms with Crippen LogP contribution < -0.4 is 35.4 Å². The predicted molar refractivity (Wildman–Crippen MR) is 214 cm³/mol. The van der Waals surface area contributed by atoms with Gasteiger partial charge in [0.15, 0.2) is 0 Å². The molecule has 10 nitrogen and oxygen atoms in total. The molecule has 4 heterocycles. The third kappa shape index (κ3) is 5.96. The van der Waals surface area contributed by atoms with E-state index in [2.05, 4.69) is 104 Å². The Balaban J connectivity index is 0.00000203. The molecule has 0 aromatic heterocycles. The van der Waals surface area contributed by atoms with E-state index in [9.17, 15) is 0 Å². The summed E-state index contributed by atoms with van der Waals surface area (Å²) in [7, 11) is -11.1. The zero-order valence-electron chi connectivity index (χ0n) is 33.3. The van der Waals surface area contributed by atoms with Crippen molar-refractivity contribution in [3.8, 4) is 46.0 Å². The minimum atomic E-state index is -2.77. The van der Waals surface area contributed by atoms with Crippen LogP contribution in [0, 0.1) is 38.5 Å². The average molecular weight is 797 g/mol. The first-order valence-corrected chi connectivity index (χ1v) is 29.9. The third-order valence-corrected chi connectivity index (χ3v) is 16.3. The minimum absolute atomic E-state index is 0.652. The maximum Gasteiger partial charge on any atom is 0.454 e. The maximum atomic E-state index is 6.98. The van der Waals surface area contributed by atoms with E-state index in [1.807, 2.05) is 0 Å². The van der Waals surface area contributed by atoms with Gasteiger partial charge in [-0.05, 0) is 96.5 Å². The van der Waals surface area contributed by atoms with E-state index in [1.165, 1.54) is 0 Å². The highest BCUT2D eigenvalue weighted by molar-refractivity contribution is 6.67. The summed E-state index contributed by atoms with van der Waals surface area (Å²) >= 11 is 0. The number of benzene rings is 4. The Labute approximate surface area is 322 Å². The van der Waals surface area contributed by atoms with Crippen LogP contribution in [0.15, 0.2) is 24.3 Å². The molecule has 0 saturated heterocycles. The van der Waals surface area contributed by atoms with E-state index in [0.29, 0.717) is 25.7 Å². The molecule has 54 heavy (non-hydrogen) atoms. The van der Waals surface area contributed by atoms with Gasteiger partial charge in [0.05, 0.1) is 0 Å². The monoisotopic (exact) mass is 796 g/mol. The molecule has 0 radical (unpaired) electrons. The Hall–Kier alpha value is -4.43. The summed E-state index contributed by atoms with van der Waals surface area (Å²) in [6.07, 6.45) is 2.61. The Bertz CT molecular complexity index is 1890. The number of rotatable bonds is 0. The van der Waals surface area contributed by atoms with E-state index in [1.54, 1.807) is 0 Å². The molecule has 0 amide bonds. The normalized spacial score (nSPS) is 19.2. The van der Waals surface area contributed by atoms with Crippen molar-refractivity contribution >= 4 is 34.2 Å². The standard InChI is InChI=1S/C40H48O8Si4.N2/c1-21-33-25-13-26-18-28-15-30-20-32-16-31-19-29-14-27(17-25)35(43-49(5,6)41-33)22(2)37(29)45-51(9,10)47-39(31)24(4)40(32)48-52(11,12)46-38(30)23(3)36(28)44-50(7,8)42-34(21)26;1-2/h13-16H,17-20H2,1-12H3;. The van der Waals surface area contributed by atoms with E-state index in [0.717, 1.165) is 113 Å². The lowest BCUT2D eigenvalue weighted by Crippen LogP contribution is -2.46. The Morgan fingerprint density at radius 3 is 0.574 bits per heavy atom. The van der Waals surface area contributed by atoms with Gasteiger partial charge in [-0.15, -0.1) is 0 Å². The largest absolute Gasteiger partial charge is 0.511 e. The number of hydrogen-bond acceptors (Lipinski definition) is 10. The summed E-state index contributed by atoms with van der Waals surface area (Å²) in [5.41, 5.74) is 13.1. The summed E-state index contributed by atoms with van der Waals surface area (Å²) in [4.78, 5) is 0. The van der Waals surface area contributed by atoms with Gasteiger partial charge in [0.25, 0.3) is 0 Å². The maximum absolute atomic E-state index is 6.98. The van der Waals surface area contributed by atoms with Crippen LogP contribution in [0.4, 0.5) is 0 Å². The van der Waals surface area contributed by atoms with Crippen molar-refractivity contribution in [3.05, 3.63) is 91.0 Å². The fourth-order valence-electron chi connectivity index (χ4n) is 8.76. The van der Waals surface area contributed by atoms with Crippen molar-refractivity contribution in [3.63, 3.8) is 0 Å². The first-order valence-electron chi connectivity index (χ1n) is 18.6. The molecule has 0 unspecified atom stereocenters. The molecule has 8 bridgehead atoms. The molecule has 0 saturated carbocycles. The van der Waals surface area contributed by atoms with Crippen molar-refractivity contribution in [1.82, 2.24) is 0 Å². The Morgan fingerprint density at radius 1 is 0.315 bits per heavy atom. The summed E-state index contributed by atoms with van der Waals surface area (Å²) in [6.45, 7) is 25.4. The second-order valence-corrected chi connectivity index (χ2v) is 29.9. The lowest BCUT2D eigenvalue weighted by molar-refractivity contribution is 0.363. The van der Waals surface area contributed by atoms with Gasteiger partial charge in [-0.25, -0.2) is 0 Å². The molecule has 14 heteroatoms. The van der Waals surface area contributed by atoms with E-state index >= 15 is 0 Å². The van der Waals surface area contributed by atoms with Gasteiger partial charge in [-0.2, -0.15) is 0 Å². The molecule has 282 valence electrons. The van der Waals surface area contributed by atoms with Crippen molar-refractivity contribution in [2.24, 2.45) is 0 Å². The van der Waals surface area contributed by atoms with Gasteiger partial charge in [0.1, 0.15) is 46.0 Å². The summed E-state index contributed by atoms with van der Waals surface area (Å²) in [6, 6.07) is 9.29. The van der Waals surface area contributed by atoms with Crippen LogP contribution in [0.2, 0.25) is 52.4 Å². The van der Waals surface area contributed by atoms with Crippen LogP contribution >= 0.6 is 0 Å². The third-order valence-electron chi connectivity index (χ3n) is 10.8. The van der Waals surface area contributed by atoms with Crippen LogP contribution in [0.1, 0.15) is 66.8 Å². The lowest BCUT2D eigenvalue weighted by Gasteiger charge is -2.38. The van der Waals surface area contributed by atoms with E-state index in [-0.39, 0.29) is 0 Å². The SMILES string of the molecule is Cc1c2c3cc4c1O[Si](C)(C)Oc1c(cc5c(c1C)O[Si](C)(C)Oc1c(cc6c(c1C)O[Si](C)(C)Oc1c(cc(c(c1C)O[Si](C)(C)O2)C3)C6)C5)C4.N#N. The highest BCUT2D eigenvalue weighted by Crippen LogP contribution is 2.51. The van der Waals surface area contributed by atoms with E-state index < -0.39 is 34.2 Å². The lowest BCUT2D eigenvalue weighted by atomic mass is 9.88.